The van der Waals surface area contributed by atoms with Crippen LogP contribution >= 0.6 is 0 Å². The summed E-state index contributed by atoms with van der Waals surface area (Å²) in [7, 11) is -1.20. The van der Waals surface area contributed by atoms with E-state index in [2.05, 4.69) is 30.9 Å². The van der Waals surface area contributed by atoms with E-state index in [0.717, 1.165) is 9.87 Å². The molecule has 0 atom stereocenters. The lowest BCUT2D eigenvalue weighted by atomic mass is 10.1. The molecular formula is C29H35N3O5S. The molecule has 3 aromatic rings. The number of hydrogen-bond donors (Lipinski definition) is 0. The molecule has 4 rings (SSSR count). The molecule has 38 heavy (non-hydrogen) atoms. The normalized spacial score (nSPS) is 13.8. The van der Waals surface area contributed by atoms with Gasteiger partial charge in [-0.15, -0.1) is 0 Å². The summed E-state index contributed by atoms with van der Waals surface area (Å²) in [5, 5.41) is 0. The second kappa shape index (κ2) is 11.3. The average Bonchev–Trinajstić information content (AvgIpc) is 2.93. The van der Waals surface area contributed by atoms with Crippen LogP contribution in [-0.4, -0.2) is 66.2 Å². The van der Waals surface area contributed by atoms with Crippen LogP contribution in [0.3, 0.4) is 0 Å². The third-order valence-electron chi connectivity index (χ3n) is 7.06. The summed E-state index contributed by atoms with van der Waals surface area (Å²) in [5.41, 5.74) is 4.74. The summed E-state index contributed by atoms with van der Waals surface area (Å²) in [4.78, 5) is 17.6. The van der Waals surface area contributed by atoms with Crippen molar-refractivity contribution in [3.8, 4) is 11.5 Å². The van der Waals surface area contributed by atoms with Crippen LogP contribution in [0.25, 0.3) is 0 Å². The predicted octanol–water partition coefficient (Wildman–Crippen LogP) is 4.17. The Morgan fingerprint density at radius 2 is 1.61 bits per heavy atom. The molecule has 0 bridgehead atoms. The Morgan fingerprint density at radius 1 is 0.895 bits per heavy atom. The Labute approximate surface area is 225 Å². The van der Waals surface area contributed by atoms with E-state index in [9.17, 15) is 13.2 Å². The number of hydrogen-bond acceptors (Lipinski definition) is 6. The van der Waals surface area contributed by atoms with Crippen molar-refractivity contribution in [1.82, 2.24) is 4.90 Å². The Balaban J connectivity index is 1.61. The zero-order valence-electron chi connectivity index (χ0n) is 22.6. The van der Waals surface area contributed by atoms with Gasteiger partial charge in [-0.3, -0.25) is 9.10 Å². The van der Waals surface area contributed by atoms with Crippen molar-refractivity contribution in [3.05, 3.63) is 77.4 Å². The predicted molar refractivity (Wildman–Crippen MR) is 150 cm³/mol. The molecular weight excluding hydrogens is 502 g/mol. The lowest BCUT2D eigenvalue weighted by Crippen LogP contribution is -2.52. The molecule has 3 aromatic carbocycles. The Morgan fingerprint density at radius 3 is 2.29 bits per heavy atom. The second-order valence-corrected chi connectivity index (χ2v) is 11.3. The van der Waals surface area contributed by atoms with Gasteiger partial charge in [-0.1, -0.05) is 24.3 Å². The number of benzene rings is 3. The van der Waals surface area contributed by atoms with E-state index < -0.39 is 10.0 Å². The highest BCUT2D eigenvalue weighted by molar-refractivity contribution is 7.93. The number of rotatable bonds is 8. The lowest BCUT2D eigenvalue weighted by molar-refractivity contribution is -0.129. The number of methoxy groups -OCH3 is 2. The molecule has 0 radical (unpaired) electrons. The van der Waals surface area contributed by atoms with E-state index in [1.807, 2.05) is 13.0 Å². The summed E-state index contributed by atoms with van der Waals surface area (Å²) in [6.45, 7) is 8.04. The number of nitrogens with zero attached hydrogens (tertiary/aromatic N) is 3. The zero-order chi connectivity index (χ0) is 27.4. The number of carbonyl (C=O) groups excluding carboxylic acids is 1. The fourth-order valence-corrected chi connectivity index (χ4v) is 6.33. The van der Waals surface area contributed by atoms with Crippen LogP contribution in [0.1, 0.15) is 16.7 Å². The van der Waals surface area contributed by atoms with Crippen molar-refractivity contribution in [3.63, 3.8) is 0 Å². The van der Waals surface area contributed by atoms with E-state index in [1.54, 1.807) is 47.4 Å². The van der Waals surface area contributed by atoms with Crippen LogP contribution in [0, 0.1) is 20.8 Å². The first-order valence-electron chi connectivity index (χ1n) is 12.6. The molecule has 8 nitrogen and oxygen atoms in total. The standard InChI is InChI=1S/C29H35N3O5S/c1-21-12-13-27(37-5)28(18-21)38(34,35)32(24-9-7-10-25(19-24)36-4)20-29(33)31-16-14-30(15-17-31)26-11-6-8-22(2)23(26)3/h6-13,18-19H,14-17,20H2,1-5H3. The van der Waals surface area contributed by atoms with E-state index in [0.29, 0.717) is 37.6 Å². The quantitative estimate of drug-likeness (QED) is 0.429. The third-order valence-corrected chi connectivity index (χ3v) is 8.85. The number of anilines is 2. The van der Waals surface area contributed by atoms with E-state index in [-0.39, 0.29) is 23.1 Å². The number of amides is 1. The number of carbonyl (C=O) groups is 1. The molecule has 0 unspecified atom stereocenters. The maximum absolute atomic E-state index is 14.0. The first kappa shape index (κ1) is 27.3. The number of sulfonamides is 1. The van der Waals surface area contributed by atoms with E-state index in [1.165, 1.54) is 31.0 Å². The maximum Gasteiger partial charge on any atom is 0.268 e. The number of piperazine rings is 1. The molecule has 0 aromatic heterocycles. The fraction of sp³-hybridized carbons (Fsp3) is 0.345. The van der Waals surface area contributed by atoms with E-state index in [4.69, 9.17) is 9.47 Å². The van der Waals surface area contributed by atoms with Gasteiger partial charge in [0.25, 0.3) is 10.0 Å². The minimum atomic E-state index is -4.15. The van der Waals surface area contributed by atoms with Crippen molar-refractivity contribution >= 4 is 27.3 Å². The second-order valence-electron chi connectivity index (χ2n) is 9.45. The van der Waals surface area contributed by atoms with Crippen LogP contribution in [0.4, 0.5) is 11.4 Å². The maximum atomic E-state index is 14.0. The SMILES string of the molecule is COc1cccc(N(CC(=O)N2CCN(c3cccc(C)c3C)CC2)S(=O)(=O)c2cc(C)ccc2OC)c1. The molecule has 1 heterocycles. The molecule has 9 heteroatoms. The molecule has 202 valence electrons. The smallest absolute Gasteiger partial charge is 0.268 e. The van der Waals surface area contributed by atoms with Crippen molar-refractivity contribution in [1.29, 1.82) is 0 Å². The molecule has 1 amide bonds. The molecule has 1 fully saturated rings. The number of aryl methyl sites for hydroxylation is 2. The van der Waals surface area contributed by atoms with Gasteiger partial charge >= 0.3 is 0 Å². The van der Waals surface area contributed by atoms with Gasteiger partial charge in [0.1, 0.15) is 22.9 Å². The highest BCUT2D eigenvalue weighted by Crippen LogP contribution is 2.32. The molecule has 0 saturated carbocycles. The van der Waals surface area contributed by atoms with Gasteiger partial charge in [-0.2, -0.15) is 0 Å². The highest BCUT2D eigenvalue weighted by atomic mass is 32.2. The van der Waals surface area contributed by atoms with Gasteiger partial charge in [0, 0.05) is 37.9 Å². The van der Waals surface area contributed by atoms with Crippen LogP contribution < -0.4 is 18.7 Å². The van der Waals surface area contributed by atoms with Gasteiger partial charge in [0.05, 0.1) is 19.9 Å². The van der Waals surface area contributed by atoms with Crippen molar-refractivity contribution in [2.24, 2.45) is 0 Å². The topological polar surface area (TPSA) is 79.4 Å². The summed E-state index contributed by atoms with van der Waals surface area (Å²) >= 11 is 0. The van der Waals surface area contributed by atoms with Gasteiger partial charge in [-0.25, -0.2) is 8.42 Å². The minimum absolute atomic E-state index is 0.00959. The third kappa shape index (κ3) is 5.57. The van der Waals surface area contributed by atoms with Crippen LogP contribution in [-0.2, 0) is 14.8 Å². The first-order valence-corrected chi connectivity index (χ1v) is 14.0. The van der Waals surface area contributed by atoms with Gasteiger partial charge in [0.2, 0.25) is 5.91 Å². The molecule has 0 spiro atoms. The summed E-state index contributed by atoms with van der Waals surface area (Å²) in [6.07, 6.45) is 0. The highest BCUT2D eigenvalue weighted by Gasteiger charge is 2.32. The van der Waals surface area contributed by atoms with Crippen molar-refractivity contribution in [2.75, 3.05) is 56.1 Å². The summed E-state index contributed by atoms with van der Waals surface area (Å²) < 4.78 is 39.9. The molecule has 1 saturated heterocycles. The largest absolute Gasteiger partial charge is 0.497 e. The Bertz CT molecular complexity index is 1420. The fourth-order valence-electron chi connectivity index (χ4n) is 4.68. The monoisotopic (exact) mass is 537 g/mol. The van der Waals surface area contributed by atoms with Crippen LogP contribution in [0.2, 0.25) is 0 Å². The van der Waals surface area contributed by atoms with Crippen molar-refractivity contribution in [2.45, 2.75) is 25.7 Å². The minimum Gasteiger partial charge on any atom is -0.497 e. The summed E-state index contributed by atoms with van der Waals surface area (Å²) in [6, 6.07) is 17.9. The van der Waals surface area contributed by atoms with Gasteiger partial charge in [0.15, 0.2) is 0 Å². The van der Waals surface area contributed by atoms with E-state index >= 15 is 0 Å². The molecule has 1 aliphatic rings. The van der Waals surface area contributed by atoms with Gasteiger partial charge in [-0.05, 0) is 67.8 Å². The van der Waals surface area contributed by atoms with Crippen molar-refractivity contribution < 1.29 is 22.7 Å². The van der Waals surface area contributed by atoms with Crippen LogP contribution in [0.15, 0.2) is 65.6 Å². The van der Waals surface area contributed by atoms with Gasteiger partial charge < -0.3 is 19.3 Å². The Hall–Kier alpha value is -3.72. The molecule has 0 aliphatic carbocycles. The van der Waals surface area contributed by atoms with Crippen LogP contribution in [0.5, 0.6) is 11.5 Å². The molecule has 1 aliphatic heterocycles. The Kier molecular flexibility index (Phi) is 8.16. The molecule has 0 N–H and O–H groups in total. The lowest BCUT2D eigenvalue weighted by Gasteiger charge is -2.38. The summed E-state index contributed by atoms with van der Waals surface area (Å²) in [5.74, 6) is 0.454. The number of ether oxygens (including phenoxy) is 2. The zero-order valence-corrected chi connectivity index (χ0v) is 23.4. The first-order chi connectivity index (χ1) is 18.1. The average molecular weight is 538 g/mol.